The van der Waals surface area contributed by atoms with Gasteiger partial charge in [-0.15, -0.1) is 0 Å². The molecule has 0 aromatic carbocycles. The third-order valence-electron chi connectivity index (χ3n) is 4.72. The summed E-state index contributed by atoms with van der Waals surface area (Å²) in [5.41, 5.74) is 3.24. The summed E-state index contributed by atoms with van der Waals surface area (Å²) in [7, 11) is 0. The highest BCUT2D eigenvalue weighted by atomic mass is 16.2. The van der Waals surface area contributed by atoms with Crippen molar-refractivity contribution in [2.45, 2.75) is 60.0 Å². The Morgan fingerprint density at radius 2 is 1.91 bits per heavy atom. The molecule has 0 bridgehead atoms. The van der Waals surface area contributed by atoms with Gasteiger partial charge in [0.05, 0.1) is 5.69 Å². The third-order valence-corrected chi connectivity index (χ3v) is 4.72. The topological polar surface area (TPSA) is 67.2 Å². The van der Waals surface area contributed by atoms with E-state index in [1.165, 1.54) is 0 Å². The SMILES string of the molecule is CCCn1nc(C)c(CNC(=O)C2CCN(C(C)=O)CC2)c1C. The average molecular weight is 320 g/mol. The van der Waals surface area contributed by atoms with Crippen molar-refractivity contribution >= 4 is 11.8 Å². The Labute approximate surface area is 138 Å². The molecule has 1 aromatic rings. The second-order valence-electron chi connectivity index (χ2n) is 6.37. The van der Waals surface area contributed by atoms with Gasteiger partial charge in [0.2, 0.25) is 11.8 Å². The smallest absolute Gasteiger partial charge is 0.223 e. The van der Waals surface area contributed by atoms with Gasteiger partial charge in [0.15, 0.2) is 0 Å². The monoisotopic (exact) mass is 320 g/mol. The number of nitrogens with one attached hydrogen (secondary N) is 1. The third kappa shape index (κ3) is 4.12. The molecule has 2 heterocycles. The van der Waals surface area contributed by atoms with Crippen molar-refractivity contribution in [2.75, 3.05) is 13.1 Å². The molecule has 1 saturated heterocycles. The number of amides is 2. The summed E-state index contributed by atoms with van der Waals surface area (Å²) in [6.07, 6.45) is 2.54. The van der Waals surface area contributed by atoms with Crippen molar-refractivity contribution in [3.8, 4) is 0 Å². The fourth-order valence-corrected chi connectivity index (χ4v) is 3.20. The lowest BCUT2D eigenvalue weighted by Crippen LogP contribution is -2.42. The normalized spacial score (nSPS) is 15.7. The van der Waals surface area contributed by atoms with Crippen LogP contribution in [0, 0.1) is 19.8 Å². The van der Waals surface area contributed by atoms with E-state index in [1.54, 1.807) is 6.92 Å². The van der Waals surface area contributed by atoms with E-state index in [1.807, 2.05) is 16.5 Å². The molecule has 1 aromatic heterocycles. The number of likely N-dealkylation sites (tertiary alicyclic amines) is 1. The maximum atomic E-state index is 12.4. The predicted molar refractivity (Wildman–Crippen MR) is 88.8 cm³/mol. The summed E-state index contributed by atoms with van der Waals surface area (Å²) in [5.74, 6) is 0.200. The van der Waals surface area contributed by atoms with Crippen LogP contribution in [0.25, 0.3) is 0 Å². The lowest BCUT2D eigenvalue weighted by molar-refractivity contribution is -0.134. The van der Waals surface area contributed by atoms with E-state index in [9.17, 15) is 9.59 Å². The largest absolute Gasteiger partial charge is 0.352 e. The second kappa shape index (κ2) is 7.62. The minimum absolute atomic E-state index is 0.0110. The number of aryl methyl sites for hydroxylation is 2. The van der Waals surface area contributed by atoms with Crippen LogP contribution in [0.3, 0.4) is 0 Å². The number of hydrogen-bond donors (Lipinski definition) is 1. The summed E-state index contributed by atoms with van der Waals surface area (Å²) in [4.78, 5) is 25.5. The van der Waals surface area contributed by atoms with E-state index in [-0.39, 0.29) is 17.7 Å². The summed E-state index contributed by atoms with van der Waals surface area (Å²) in [5, 5.41) is 7.60. The minimum Gasteiger partial charge on any atom is -0.352 e. The zero-order valence-electron chi connectivity index (χ0n) is 14.7. The molecule has 1 N–H and O–H groups in total. The summed E-state index contributed by atoms with van der Waals surface area (Å²) < 4.78 is 2.02. The lowest BCUT2D eigenvalue weighted by Gasteiger charge is -2.30. The van der Waals surface area contributed by atoms with Gasteiger partial charge in [-0.1, -0.05) is 6.92 Å². The van der Waals surface area contributed by atoms with Gasteiger partial charge in [0.1, 0.15) is 0 Å². The first kappa shape index (κ1) is 17.5. The number of hydrogen-bond acceptors (Lipinski definition) is 3. The van der Waals surface area contributed by atoms with Crippen LogP contribution in [0.2, 0.25) is 0 Å². The number of piperidine rings is 1. The Morgan fingerprint density at radius 3 is 2.48 bits per heavy atom. The van der Waals surface area contributed by atoms with Crippen LogP contribution in [0.1, 0.15) is 50.1 Å². The van der Waals surface area contributed by atoms with Crippen molar-refractivity contribution in [2.24, 2.45) is 5.92 Å². The van der Waals surface area contributed by atoms with Crippen LogP contribution >= 0.6 is 0 Å². The molecule has 1 aliphatic rings. The molecule has 0 unspecified atom stereocenters. The van der Waals surface area contributed by atoms with Crippen LogP contribution in [0.4, 0.5) is 0 Å². The van der Waals surface area contributed by atoms with E-state index in [2.05, 4.69) is 24.3 Å². The molecule has 0 saturated carbocycles. The number of rotatable bonds is 5. The molecule has 0 radical (unpaired) electrons. The van der Waals surface area contributed by atoms with E-state index < -0.39 is 0 Å². The quantitative estimate of drug-likeness (QED) is 0.899. The molecule has 6 nitrogen and oxygen atoms in total. The molecule has 2 amide bonds. The van der Waals surface area contributed by atoms with Gasteiger partial charge in [-0.3, -0.25) is 14.3 Å². The summed E-state index contributed by atoms with van der Waals surface area (Å²) in [6.45, 7) is 10.6. The lowest BCUT2D eigenvalue weighted by atomic mass is 9.96. The van der Waals surface area contributed by atoms with Crippen LogP contribution in [0.5, 0.6) is 0 Å². The Bertz CT molecular complexity index is 571. The zero-order valence-corrected chi connectivity index (χ0v) is 14.7. The molecule has 2 rings (SSSR count). The first-order valence-corrected chi connectivity index (χ1v) is 8.50. The molecule has 1 aliphatic heterocycles. The van der Waals surface area contributed by atoms with Gasteiger partial charge >= 0.3 is 0 Å². The number of carbonyl (C=O) groups is 2. The molecule has 0 spiro atoms. The average Bonchev–Trinajstić information content (AvgIpc) is 2.79. The van der Waals surface area contributed by atoms with Crippen molar-refractivity contribution < 1.29 is 9.59 Å². The molecule has 128 valence electrons. The van der Waals surface area contributed by atoms with E-state index in [0.717, 1.165) is 42.8 Å². The Morgan fingerprint density at radius 1 is 1.26 bits per heavy atom. The van der Waals surface area contributed by atoms with E-state index in [4.69, 9.17) is 0 Å². The maximum Gasteiger partial charge on any atom is 0.223 e. The molecule has 1 fully saturated rings. The van der Waals surface area contributed by atoms with Crippen molar-refractivity contribution in [3.05, 3.63) is 17.0 Å². The van der Waals surface area contributed by atoms with Crippen LogP contribution in [-0.2, 0) is 22.7 Å². The summed E-state index contributed by atoms with van der Waals surface area (Å²) in [6, 6.07) is 0. The number of aromatic nitrogens is 2. The van der Waals surface area contributed by atoms with Gasteiger partial charge < -0.3 is 10.2 Å². The highest BCUT2D eigenvalue weighted by molar-refractivity contribution is 5.79. The first-order chi connectivity index (χ1) is 10.9. The van der Waals surface area contributed by atoms with E-state index >= 15 is 0 Å². The van der Waals surface area contributed by atoms with Crippen LogP contribution in [-0.4, -0.2) is 39.6 Å². The Kier molecular flexibility index (Phi) is 5.80. The standard InChI is InChI=1S/C17H28N4O2/c1-5-8-21-13(3)16(12(2)19-21)11-18-17(23)15-6-9-20(10-7-15)14(4)22/h15H,5-11H2,1-4H3,(H,18,23). The van der Waals surface area contributed by atoms with Gasteiger partial charge in [-0.05, 0) is 33.1 Å². The molecule has 0 aliphatic carbocycles. The second-order valence-corrected chi connectivity index (χ2v) is 6.37. The van der Waals surface area contributed by atoms with Crippen molar-refractivity contribution in [3.63, 3.8) is 0 Å². The van der Waals surface area contributed by atoms with Gasteiger partial charge in [-0.2, -0.15) is 5.10 Å². The number of nitrogens with zero attached hydrogens (tertiary/aromatic N) is 3. The van der Waals surface area contributed by atoms with E-state index in [0.29, 0.717) is 19.6 Å². The Hall–Kier alpha value is -1.85. The van der Waals surface area contributed by atoms with Gasteiger partial charge in [-0.25, -0.2) is 0 Å². The van der Waals surface area contributed by atoms with Crippen molar-refractivity contribution in [1.82, 2.24) is 20.0 Å². The Balaban J connectivity index is 1.89. The fourth-order valence-electron chi connectivity index (χ4n) is 3.20. The molecule has 6 heteroatoms. The summed E-state index contributed by atoms with van der Waals surface area (Å²) >= 11 is 0. The van der Waals surface area contributed by atoms with Gasteiger partial charge in [0.25, 0.3) is 0 Å². The molecule has 0 atom stereocenters. The molecular weight excluding hydrogens is 292 g/mol. The fraction of sp³-hybridized carbons (Fsp3) is 0.706. The van der Waals surface area contributed by atoms with Crippen LogP contribution in [0.15, 0.2) is 0 Å². The van der Waals surface area contributed by atoms with Gasteiger partial charge in [0, 0.05) is 50.3 Å². The highest BCUT2D eigenvalue weighted by Crippen LogP contribution is 2.18. The maximum absolute atomic E-state index is 12.4. The molecular formula is C17H28N4O2. The first-order valence-electron chi connectivity index (χ1n) is 8.50. The molecule has 23 heavy (non-hydrogen) atoms. The van der Waals surface area contributed by atoms with Crippen LogP contribution < -0.4 is 5.32 Å². The number of carbonyl (C=O) groups excluding carboxylic acids is 2. The predicted octanol–water partition coefficient (Wildman–Crippen LogP) is 1.78. The van der Waals surface area contributed by atoms with Crippen molar-refractivity contribution in [1.29, 1.82) is 0 Å². The minimum atomic E-state index is 0.0110. The zero-order chi connectivity index (χ0) is 17.0. The highest BCUT2D eigenvalue weighted by Gasteiger charge is 2.26.